The van der Waals surface area contributed by atoms with Crippen LogP contribution in [0.25, 0.3) is 0 Å². The highest BCUT2D eigenvalue weighted by Gasteiger charge is 2.37. The minimum atomic E-state index is -3.99. The molecule has 3 fully saturated rings. The fourth-order valence-electron chi connectivity index (χ4n) is 3.97. The summed E-state index contributed by atoms with van der Waals surface area (Å²) in [6, 6.07) is 2.40. The molecule has 1 amide bonds. The topological polar surface area (TPSA) is 75.7 Å². The van der Waals surface area contributed by atoms with E-state index in [2.05, 4.69) is 0 Å². The van der Waals surface area contributed by atoms with E-state index in [-0.39, 0.29) is 42.6 Å². The predicted molar refractivity (Wildman–Crippen MR) is 103 cm³/mol. The SMILES string of the molecule is O=C(NS(=O)(=O)N1CCC1)c1cc(C2CC2)c(OCC2CCCC(F)(F)C2)cc1F. The highest BCUT2D eigenvalue weighted by atomic mass is 32.2. The molecule has 10 heteroatoms. The van der Waals surface area contributed by atoms with E-state index >= 15 is 0 Å². The number of benzene rings is 1. The van der Waals surface area contributed by atoms with Crippen LogP contribution >= 0.6 is 0 Å². The van der Waals surface area contributed by atoms with Gasteiger partial charge in [-0.2, -0.15) is 12.7 Å². The zero-order valence-electron chi connectivity index (χ0n) is 16.5. The van der Waals surface area contributed by atoms with Crippen molar-refractivity contribution in [2.45, 2.75) is 56.8 Å². The average molecular weight is 446 g/mol. The average Bonchev–Trinajstić information content (AvgIpc) is 3.41. The summed E-state index contributed by atoms with van der Waals surface area (Å²) in [5.41, 5.74) is 0.253. The van der Waals surface area contributed by atoms with Crippen molar-refractivity contribution >= 4 is 16.1 Å². The van der Waals surface area contributed by atoms with E-state index in [9.17, 15) is 26.4 Å². The molecule has 1 aliphatic heterocycles. The number of halogens is 3. The van der Waals surface area contributed by atoms with E-state index in [0.29, 0.717) is 37.9 Å². The molecular weight excluding hydrogens is 421 g/mol. The number of hydrogen-bond donors (Lipinski definition) is 1. The molecular formula is C20H25F3N2O4S. The van der Waals surface area contributed by atoms with E-state index in [1.165, 1.54) is 6.07 Å². The molecule has 4 rings (SSSR count). The summed E-state index contributed by atoms with van der Waals surface area (Å²) in [5, 5.41) is 0. The van der Waals surface area contributed by atoms with Gasteiger partial charge >= 0.3 is 10.2 Å². The summed E-state index contributed by atoms with van der Waals surface area (Å²) in [4.78, 5) is 12.4. The molecule has 1 heterocycles. The Hall–Kier alpha value is -1.81. The van der Waals surface area contributed by atoms with E-state index in [1.54, 1.807) is 0 Å². The summed E-state index contributed by atoms with van der Waals surface area (Å²) >= 11 is 0. The zero-order valence-corrected chi connectivity index (χ0v) is 17.3. The Morgan fingerprint density at radius 3 is 2.53 bits per heavy atom. The summed E-state index contributed by atoms with van der Waals surface area (Å²) in [6.07, 6.45) is 3.10. The van der Waals surface area contributed by atoms with Crippen LogP contribution in [-0.2, 0) is 10.2 Å². The van der Waals surface area contributed by atoms with E-state index in [1.807, 2.05) is 4.72 Å². The predicted octanol–water partition coefficient (Wildman–Crippen LogP) is 3.59. The Morgan fingerprint density at radius 1 is 1.20 bits per heavy atom. The number of nitrogens with one attached hydrogen (secondary N) is 1. The lowest BCUT2D eigenvalue weighted by Gasteiger charge is -2.29. The largest absolute Gasteiger partial charge is 0.493 e. The Labute approximate surface area is 174 Å². The molecule has 3 aliphatic rings. The zero-order chi connectivity index (χ0) is 21.5. The van der Waals surface area contributed by atoms with Crippen LogP contribution in [0.1, 0.15) is 66.8 Å². The maximum atomic E-state index is 14.7. The van der Waals surface area contributed by atoms with Gasteiger partial charge in [0, 0.05) is 32.0 Å². The van der Waals surface area contributed by atoms with Crippen LogP contribution in [0.3, 0.4) is 0 Å². The van der Waals surface area contributed by atoms with Gasteiger partial charge in [0.1, 0.15) is 11.6 Å². The van der Waals surface area contributed by atoms with Gasteiger partial charge in [0.2, 0.25) is 5.92 Å². The van der Waals surface area contributed by atoms with Gasteiger partial charge in [0.15, 0.2) is 0 Å². The lowest BCUT2D eigenvalue weighted by molar-refractivity contribution is -0.0586. The Bertz CT molecular complexity index is 930. The van der Waals surface area contributed by atoms with Crippen LogP contribution in [0.2, 0.25) is 0 Å². The number of nitrogens with zero attached hydrogens (tertiary/aromatic N) is 1. The second-order valence-electron chi connectivity index (χ2n) is 8.46. The highest BCUT2D eigenvalue weighted by Crippen LogP contribution is 2.45. The molecule has 1 aromatic carbocycles. The minimum Gasteiger partial charge on any atom is -0.493 e. The molecule has 1 aromatic rings. The third-order valence-electron chi connectivity index (χ3n) is 5.95. The molecule has 1 saturated heterocycles. The molecule has 0 bridgehead atoms. The second kappa shape index (κ2) is 8.03. The van der Waals surface area contributed by atoms with Crippen LogP contribution in [-0.4, -0.2) is 44.2 Å². The molecule has 1 N–H and O–H groups in total. The smallest absolute Gasteiger partial charge is 0.304 e. The van der Waals surface area contributed by atoms with Gasteiger partial charge in [-0.25, -0.2) is 17.9 Å². The first-order chi connectivity index (χ1) is 14.1. The van der Waals surface area contributed by atoms with Gasteiger partial charge in [0.25, 0.3) is 5.91 Å². The third kappa shape index (κ3) is 4.74. The highest BCUT2D eigenvalue weighted by molar-refractivity contribution is 7.87. The molecule has 2 saturated carbocycles. The van der Waals surface area contributed by atoms with Crippen molar-refractivity contribution in [1.29, 1.82) is 0 Å². The van der Waals surface area contributed by atoms with Gasteiger partial charge in [-0.15, -0.1) is 0 Å². The summed E-state index contributed by atoms with van der Waals surface area (Å²) in [6.45, 7) is 0.709. The molecule has 0 aromatic heterocycles. The van der Waals surface area contributed by atoms with Gasteiger partial charge in [0.05, 0.1) is 12.2 Å². The molecule has 1 unspecified atom stereocenters. The van der Waals surface area contributed by atoms with Crippen molar-refractivity contribution in [3.63, 3.8) is 0 Å². The molecule has 2 aliphatic carbocycles. The van der Waals surface area contributed by atoms with E-state index < -0.39 is 27.9 Å². The fourth-order valence-corrected chi connectivity index (χ4v) is 5.19. The van der Waals surface area contributed by atoms with Crippen molar-refractivity contribution in [3.05, 3.63) is 29.1 Å². The molecule has 0 radical (unpaired) electrons. The lowest BCUT2D eigenvalue weighted by atomic mass is 9.87. The second-order valence-corrected chi connectivity index (χ2v) is 10.1. The minimum absolute atomic E-state index is 0.0592. The number of carbonyl (C=O) groups excluding carboxylic acids is 1. The normalized spacial score (nSPS) is 24.2. The maximum absolute atomic E-state index is 14.7. The van der Waals surface area contributed by atoms with Crippen molar-refractivity contribution in [1.82, 2.24) is 9.03 Å². The number of hydrogen-bond acceptors (Lipinski definition) is 4. The molecule has 1 atom stereocenters. The van der Waals surface area contributed by atoms with Gasteiger partial charge < -0.3 is 4.74 Å². The van der Waals surface area contributed by atoms with Crippen molar-refractivity contribution < 1.29 is 31.1 Å². The lowest BCUT2D eigenvalue weighted by Crippen LogP contribution is -2.49. The van der Waals surface area contributed by atoms with E-state index in [4.69, 9.17) is 4.74 Å². The number of rotatable bonds is 7. The Kier molecular flexibility index (Phi) is 5.73. The van der Waals surface area contributed by atoms with Gasteiger partial charge in [-0.3, -0.25) is 4.79 Å². The van der Waals surface area contributed by atoms with Crippen LogP contribution in [0, 0.1) is 11.7 Å². The van der Waals surface area contributed by atoms with Gasteiger partial charge in [-0.05, 0) is 55.6 Å². The number of ether oxygens (including phenoxy) is 1. The first-order valence-corrected chi connectivity index (χ1v) is 11.7. The summed E-state index contributed by atoms with van der Waals surface area (Å²) in [7, 11) is -3.99. The van der Waals surface area contributed by atoms with Crippen molar-refractivity contribution in [2.24, 2.45) is 5.92 Å². The molecule has 6 nitrogen and oxygen atoms in total. The fraction of sp³-hybridized carbons (Fsp3) is 0.650. The number of alkyl halides is 2. The summed E-state index contributed by atoms with van der Waals surface area (Å²) in [5.74, 6) is -4.60. The van der Waals surface area contributed by atoms with E-state index in [0.717, 1.165) is 23.2 Å². The standard InChI is InChI=1S/C20H25F3N2O4S/c21-17-10-18(29-12-13-3-1-6-20(22,23)11-13)15(14-4-5-14)9-16(17)19(26)24-30(27,28)25-7-2-8-25/h9-10,13-14H,1-8,11-12H2,(H,24,26). The summed E-state index contributed by atoms with van der Waals surface area (Å²) < 4.78 is 74.9. The number of carbonyl (C=O) groups is 1. The van der Waals surface area contributed by atoms with Crippen molar-refractivity contribution in [3.8, 4) is 5.75 Å². The van der Waals surface area contributed by atoms with Crippen LogP contribution in [0.4, 0.5) is 13.2 Å². The van der Waals surface area contributed by atoms with Gasteiger partial charge in [-0.1, -0.05) is 0 Å². The third-order valence-corrected chi connectivity index (χ3v) is 7.44. The first-order valence-electron chi connectivity index (χ1n) is 10.3. The quantitative estimate of drug-likeness (QED) is 0.695. The van der Waals surface area contributed by atoms with Crippen LogP contribution in [0.5, 0.6) is 5.75 Å². The molecule has 30 heavy (non-hydrogen) atoms. The van der Waals surface area contributed by atoms with Crippen LogP contribution in [0.15, 0.2) is 12.1 Å². The monoisotopic (exact) mass is 446 g/mol. The molecule has 0 spiro atoms. The molecule has 166 valence electrons. The number of amides is 1. The van der Waals surface area contributed by atoms with Crippen molar-refractivity contribution in [2.75, 3.05) is 19.7 Å². The maximum Gasteiger partial charge on any atom is 0.304 e. The first kappa shape index (κ1) is 21.4. The Morgan fingerprint density at radius 2 is 1.93 bits per heavy atom. The Balaban J connectivity index is 1.49. The van der Waals surface area contributed by atoms with Crippen LogP contribution < -0.4 is 9.46 Å².